The smallest absolute Gasteiger partial charge is 0.279 e. The van der Waals surface area contributed by atoms with Gasteiger partial charge in [-0.1, -0.05) is 13.8 Å². The topological polar surface area (TPSA) is 52.7 Å². The summed E-state index contributed by atoms with van der Waals surface area (Å²) in [6.45, 7) is 6.93. The average molecular weight is 277 g/mol. The molecule has 6 heteroatoms. The summed E-state index contributed by atoms with van der Waals surface area (Å²) in [6, 6.07) is 0. The molecule has 1 rings (SSSR count). The van der Waals surface area contributed by atoms with Gasteiger partial charge in [-0.15, -0.1) is 0 Å². The van der Waals surface area contributed by atoms with Crippen molar-refractivity contribution in [1.82, 2.24) is 13.9 Å². The van der Waals surface area contributed by atoms with Gasteiger partial charge in [-0.2, -0.15) is 12.7 Å². The van der Waals surface area contributed by atoms with E-state index < -0.39 is 10.2 Å². The van der Waals surface area contributed by atoms with E-state index >= 15 is 0 Å². The molecule has 0 aliphatic carbocycles. The number of rotatable bonds is 6. The molecule has 1 N–H and O–H groups in total. The first-order valence-corrected chi connectivity index (χ1v) is 8.16. The Morgan fingerprint density at radius 1 is 1.28 bits per heavy atom. The Morgan fingerprint density at radius 2 is 1.83 bits per heavy atom. The van der Waals surface area contributed by atoms with Crippen LogP contribution in [0.5, 0.6) is 0 Å². The quantitative estimate of drug-likeness (QED) is 0.779. The largest absolute Gasteiger partial charge is 0.308 e. The van der Waals surface area contributed by atoms with E-state index in [1.807, 2.05) is 19.0 Å². The van der Waals surface area contributed by atoms with Crippen molar-refractivity contribution in [2.45, 2.75) is 26.7 Å². The van der Waals surface area contributed by atoms with Crippen molar-refractivity contribution in [2.75, 3.05) is 40.3 Å². The second-order valence-corrected chi connectivity index (χ2v) is 7.44. The van der Waals surface area contributed by atoms with E-state index in [0.717, 1.165) is 19.4 Å². The van der Waals surface area contributed by atoms with Crippen molar-refractivity contribution in [1.29, 1.82) is 0 Å². The molecular formula is C12H27N3O2S. The van der Waals surface area contributed by atoms with Gasteiger partial charge in [0.05, 0.1) is 0 Å². The number of piperidine rings is 1. The minimum atomic E-state index is -3.27. The van der Waals surface area contributed by atoms with E-state index in [2.05, 4.69) is 18.6 Å². The summed E-state index contributed by atoms with van der Waals surface area (Å²) >= 11 is 0. The molecule has 0 atom stereocenters. The van der Waals surface area contributed by atoms with Crippen molar-refractivity contribution in [3.63, 3.8) is 0 Å². The lowest BCUT2D eigenvalue weighted by Gasteiger charge is -2.33. The van der Waals surface area contributed by atoms with Crippen LogP contribution in [0.1, 0.15) is 26.7 Å². The summed E-state index contributed by atoms with van der Waals surface area (Å²) in [6.07, 6.45) is 1.96. The lowest BCUT2D eigenvalue weighted by Crippen LogP contribution is -2.46. The first kappa shape index (κ1) is 15.9. The van der Waals surface area contributed by atoms with E-state index in [0.29, 0.717) is 31.5 Å². The molecule has 0 aromatic carbocycles. The third-order valence-corrected chi connectivity index (χ3v) is 5.24. The van der Waals surface area contributed by atoms with Crippen LogP contribution in [0.3, 0.4) is 0 Å². The van der Waals surface area contributed by atoms with Gasteiger partial charge in [-0.25, -0.2) is 4.72 Å². The SMILES string of the molecule is CC(C)C1CCN(S(=O)(=O)NCCN(C)C)CC1. The van der Waals surface area contributed by atoms with Crippen LogP contribution in [-0.2, 0) is 10.2 Å². The van der Waals surface area contributed by atoms with E-state index in [-0.39, 0.29) is 0 Å². The molecule has 5 nitrogen and oxygen atoms in total. The molecule has 0 saturated carbocycles. The second-order valence-electron chi connectivity index (χ2n) is 5.68. The summed E-state index contributed by atoms with van der Waals surface area (Å²) in [5.41, 5.74) is 0. The highest BCUT2D eigenvalue weighted by molar-refractivity contribution is 7.87. The summed E-state index contributed by atoms with van der Waals surface area (Å²) in [4.78, 5) is 1.97. The molecule has 0 aromatic heterocycles. The fraction of sp³-hybridized carbons (Fsp3) is 1.00. The van der Waals surface area contributed by atoms with Gasteiger partial charge in [0.25, 0.3) is 10.2 Å². The van der Waals surface area contributed by atoms with Crippen molar-refractivity contribution in [3.05, 3.63) is 0 Å². The van der Waals surface area contributed by atoms with Crippen LogP contribution < -0.4 is 4.72 Å². The predicted octanol–water partition coefficient (Wildman–Crippen LogP) is 0.750. The molecule has 1 aliphatic rings. The predicted molar refractivity (Wildman–Crippen MR) is 74.6 cm³/mol. The first-order valence-electron chi connectivity index (χ1n) is 6.72. The number of likely N-dealkylation sites (N-methyl/N-ethyl adjacent to an activating group) is 1. The summed E-state index contributed by atoms with van der Waals surface area (Å²) in [7, 11) is 0.594. The zero-order valence-corrected chi connectivity index (χ0v) is 12.8. The zero-order valence-electron chi connectivity index (χ0n) is 12.0. The number of hydrogen-bond donors (Lipinski definition) is 1. The van der Waals surface area contributed by atoms with Gasteiger partial charge in [0.2, 0.25) is 0 Å². The standard InChI is InChI=1S/C12H27N3O2S/c1-11(2)12-5-8-15(9-6-12)18(16,17)13-7-10-14(3)4/h11-13H,5-10H2,1-4H3. The third kappa shape index (κ3) is 4.84. The van der Waals surface area contributed by atoms with E-state index in [4.69, 9.17) is 0 Å². The summed E-state index contributed by atoms with van der Waals surface area (Å²) in [5.74, 6) is 1.31. The molecule has 1 fully saturated rings. The highest BCUT2D eigenvalue weighted by atomic mass is 32.2. The molecule has 0 bridgehead atoms. The van der Waals surface area contributed by atoms with Crippen molar-refractivity contribution in [3.8, 4) is 0 Å². The van der Waals surface area contributed by atoms with Crippen LogP contribution in [0.15, 0.2) is 0 Å². The molecule has 0 radical (unpaired) electrons. The number of nitrogens with one attached hydrogen (secondary N) is 1. The zero-order chi connectivity index (χ0) is 13.8. The molecule has 0 spiro atoms. The molecule has 1 aliphatic heterocycles. The Balaban J connectivity index is 2.40. The molecule has 0 amide bonds. The van der Waals surface area contributed by atoms with Crippen LogP contribution in [-0.4, -0.2) is 57.9 Å². The monoisotopic (exact) mass is 277 g/mol. The minimum Gasteiger partial charge on any atom is -0.308 e. The van der Waals surface area contributed by atoms with Crippen LogP contribution in [0, 0.1) is 11.8 Å². The van der Waals surface area contributed by atoms with Crippen LogP contribution in [0.2, 0.25) is 0 Å². The van der Waals surface area contributed by atoms with Gasteiger partial charge in [0, 0.05) is 26.2 Å². The van der Waals surface area contributed by atoms with Crippen molar-refractivity contribution in [2.24, 2.45) is 11.8 Å². The molecular weight excluding hydrogens is 250 g/mol. The van der Waals surface area contributed by atoms with Gasteiger partial charge >= 0.3 is 0 Å². The Morgan fingerprint density at radius 3 is 2.28 bits per heavy atom. The van der Waals surface area contributed by atoms with Crippen LogP contribution in [0.25, 0.3) is 0 Å². The van der Waals surface area contributed by atoms with Crippen molar-refractivity contribution >= 4 is 10.2 Å². The molecule has 0 unspecified atom stereocenters. The maximum atomic E-state index is 12.0. The Hall–Kier alpha value is -0.170. The molecule has 1 saturated heterocycles. The number of nitrogens with zero attached hydrogens (tertiary/aromatic N) is 2. The Bertz CT molecular complexity index is 333. The Labute approximate surface area is 112 Å². The Kier molecular flexibility index (Phi) is 6.04. The summed E-state index contributed by atoms with van der Waals surface area (Å²) < 4.78 is 28.3. The fourth-order valence-electron chi connectivity index (χ4n) is 2.27. The maximum absolute atomic E-state index is 12.0. The van der Waals surface area contributed by atoms with Crippen molar-refractivity contribution < 1.29 is 8.42 Å². The maximum Gasteiger partial charge on any atom is 0.279 e. The lowest BCUT2D eigenvalue weighted by atomic mass is 9.87. The minimum absolute atomic E-state index is 0.472. The molecule has 108 valence electrons. The highest BCUT2D eigenvalue weighted by Crippen LogP contribution is 2.25. The van der Waals surface area contributed by atoms with E-state index in [1.54, 1.807) is 4.31 Å². The van der Waals surface area contributed by atoms with E-state index in [1.165, 1.54) is 0 Å². The van der Waals surface area contributed by atoms with Gasteiger partial charge in [0.1, 0.15) is 0 Å². The molecule has 0 aromatic rings. The lowest BCUT2D eigenvalue weighted by molar-refractivity contribution is 0.225. The second kappa shape index (κ2) is 6.84. The highest BCUT2D eigenvalue weighted by Gasteiger charge is 2.28. The number of hydrogen-bond acceptors (Lipinski definition) is 3. The average Bonchev–Trinajstić information content (AvgIpc) is 2.28. The molecule has 1 heterocycles. The van der Waals surface area contributed by atoms with Crippen LogP contribution in [0.4, 0.5) is 0 Å². The van der Waals surface area contributed by atoms with Gasteiger partial charge in [0.15, 0.2) is 0 Å². The first-order chi connectivity index (χ1) is 8.33. The summed E-state index contributed by atoms with van der Waals surface area (Å²) in [5, 5.41) is 0. The van der Waals surface area contributed by atoms with E-state index in [9.17, 15) is 8.42 Å². The molecule has 18 heavy (non-hydrogen) atoms. The third-order valence-electron chi connectivity index (χ3n) is 3.62. The fourth-order valence-corrected chi connectivity index (χ4v) is 3.50. The van der Waals surface area contributed by atoms with Gasteiger partial charge < -0.3 is 4.90 Å². The van der Waals surface area contributed by atoms with Crippen LogP contribution >= 0.6 is 0 Å². The van der Waals surface area contributed by atoms with Gasteiger partial charge in [-0.05, 0) is 38.8 Å². The van der Waals surface area contributed by atoms with Gasteiger partial charge in [-0.3, -0.25) is 0 Å². The normalized spacial score (nSPS) is 19.9.